The molecule has 1 atom stereocenters. The Hall–Kier alpha value is -2.25. The van der Waals surface area contributed by atoms with Crippen LogP contribution in [0, 0.1) is 0 Å². The molecule has 0 amide bonds. The highest BCUT2D eigenvalue weighted by atomic mass is 35.5. The maximum absolute atomic E-state index is 12.5. The summed E-state index contributed by atoms with van der Waals surface area (Å²) in [5.74, 6) is 0.956. The van der Waals surface area contributed by atoms with Gasteiger partial charge in [0, 0.05) is 43.6 Å². The summed E-state index contributed by atoms with van der Waals surface area (Å²) in [6.45, 7) is 1.01. The number of aliphatic hydroxyl groups is 1. The summed E-state index contributed by atoms with van der Waals surface area (Å²) in [4.78, 5) is 13.2. The van der Waals surface area contributed by atoms with Crippen LogP contribution in [0.15, 0.2) is 24.7 Å². The van der Waals surface area contributed by atoms with E-state index in [-0.39, 0.29) is 12.1 Å². The Bertz CT molecular complexity index is 1030. The number of alkyl halides is 3. The van der Waals surface area contributed by atoms with Gasteiger partial charge in [-0.25, -0.2) is 9.97 Å². The first-order valence-electron chi connectivity index (χ1n) is 12.3. The Morgan fingerprint density at radius 1 is 1.16 bits per heavy atom. The third-order valence-corrected chi connectivity index (χ3v) is 7.10. The van der Waals surface area contributed by atoms with Crippen molar-refractivity contribution in [2.24, 2.45) is 5.73 Å². The van der Waals surface area contributed by atoms with Gasteiger partial charge < -0.3 is 30.9 Å². The molecule has 1 aliphatic heterocycles. The van der Waals surface area contributed by atoms with Crippen molar-refractivity contribution in [1.82, 2.24) is 20.3 Å². The standard InChI is InChI=1S/C24H32ClF3N6O3/c25-18-10-32-21(33-16-3-1-15(2-4-16)31-12-20(35)24(26,27)28)9-17(18)19-11-30-13-22(34-19)37-14-23(29)5-7-36-8-6-23/h9-11,13,15-16,20,31,35H,1-8,12,14,29H2,(H,32,33)/t15-,16-,20-/m1/s1. The zero-order valence-electron chi connectivity index (χ0n) is 20.3. The molecule has 2 aromatic rings. The van der Waals surface area contributed by atoms with Gasteiger partial charge in [0.15, 0.2) is 6.10 Å². The highest BCUT2D eigenvalue weighted by Gasteiger charge is 2.38. The minimum Gasteiger partial charge on any atom is -0.475 e. The molecule has 1 saturated carbocycles. The van der Waals surface area contributed by atoms with Crippen LogP contribution in [-0.4, -0.2) is 76.3 Å². The molecule has 1 aliphatic carbocycles. The average molecular weight is 545 g/mol. The van der Waals surface area contributed by atoms with Gasteiger partial charge in [-0.15, -0.1) is 0 Å². The van der Waals surface area contributed by atoms with E-state index in [0.717, 1.165) is 12.8 Å². The van der Waals surface area contributed by atoms with E-state index in [1.165, 1.54) is 12.4 Å². The lowest BCUT2D eigenvalue weighted by atomic mass is 9.91. The fourth-order valence-electron chi connectivity index (χ4n) is 4.45. The fraction of sp³-hybridized carbons (Fsp3) is 0.625. The summed E-state index contributed by atoms with van der Waals surface area (Å²) in [5.41, 5.74) is 7.10. The SMILES string of the molecule is NC1(COc2cncc(-c3cc(N[C@H]4CC[C@H](NC[C@@H](O)C(F)(F)F)CC4)ncc3Cl)n2)CCOCC1. The molecule has 37 heavy (non-hydrogen) atoms. The molecular weight excluding hydrogens is 513 g/mol. The van der Waals surface area contributed by atoms with Gasteiger partial charge >= 0.3 is 6.18 Å². The van der Waals surface area contributed by atoms with Gasteiger partial charge in [0.1, 0.15) is 12.4 Å². The van der Waals surface area contributed by atoms with Crippen LogP contribution in [0.3, 0.4) is 0 Å². The second-order valence-electron chi connectivity index (χ2n) is 9.71. The van der Waals surface area contributed by atoms with Crippen LogP contribution in [0.5, 0.6) is 5.88 Å². The number of anilines is 1. The Labute approximate surface area is 218 Å². The van der Waals surface area contributed by atoms with E-state index in [2.05, 4.69) is 25.6 Å². The Balaban J connectivity index is 1.33. The van der Waals surface area contributed by atoms with Gasteiger partial charge in [-0.1, -0.05) is 11.6 Å². The summed E-state index contributed by atoms with van der Waals surface area (Å²) < 4.78 is 48.7. The number of hydrogen-bond acceptors (Lipinski definition) is 9. The van der Waals surface area contributed by atoms with Crippen LogP contribution in [0.1, 0.15) is 38.5 Å². The number of pyridine rings is 1. The van der Waals surface area contributed by atoms with Gasteiger partial charge in [-0.2, -0.15) is 13.2 Å². The van der Waals surface area contributed by atoms with E-state index in [9.17, 15) is 18.3 Å². The molecular formula is C24H32ClF3N6O3. The Morgan fingerprint density at radius 2 is 1.86 bits per heavy atom. The van der Waals surface area contributed by atoms with Crippen molar-refractivity contribution in [3.63, 3.8) is 0 Å². The number of aliphatic hydroxyl groups excluding tert-OH is 1. The lowest BCUT2D eigenvalue weighted by Crippen LogP contribution is -2.49. The molecule has 9 nitrogen and oxygen atoms in total. The maximum atomic E-state index is 12.5. The number of nitrogens with two attached hydrogens (primary N) is 1. The molecule has 0 spiro atoms. The first-order chi connectivity index (χ1) is 17.6. The lowest BCUT2D eigenvalue weighted by molar-refractivity contribution is -0.202. The van der Waals surface area contributed by atoms with Crippen LogP contribution in [0.25, 0.3) is 11.3 Å². The van der Waals surface area contributed by atoms with Crippen LogP contribution in [0.2, 0.25) is 5.02 Å². The second kappa shape index (κ2) is 12.1. The van der Waals surface area contributed by atoms with Crippen molar-refractivity contribution in [3.8, 4) is 17.1 Å². The fourth-order valence-corrected chi connectivity index (χ4v) is 4.65. The van der Waals surface area contributed by atoms with Crippen molar-refractivity contribution >= 4 is 17.4 Å². The Morgan fingerprint density at radius 3 is 2.57 bits per heavy atom. The predicted molar refractivity (Wildman–Crippen MR) is 132 cm³/mol. The molecule has 2 aromatic heterocycles. The van der Waals surface area contributed by atoms with Gasteiger partial charge in [-0.05, 0) is 44.6 Å². The van der Waals surface area contributed by atoms with Gasteiger partial charge in [-0.3, -0.25) is 4.98 Å². The normalized spacial score (nSPS) is 22.9. The molecule has 0 unspecified atom stereocenters. The van der Waals surface area contributed by atoms with Crippen molar-refractivity contribution < 1.29 is 27.8 Å². The van der Waals surface area contributed by atoms with Gasteiger partial charge in [0.05, 0.1) is 28.6 Å². The van der Waals surface area contributed by atoms with E-state index < -0.39 is 24.4 Å². The lowest BCUT2D eigenvalue weighted by Gasteiger charge is -2.32. The molecule has 13 heteroatoms. The maximum Gasteiger partial charge on any atom is 0.415 e. The van der Waals surface area contributed by atoms with E-state index in [1.807, 2.05) is 0 Å². The number of rotatable bonds is 9. The number of nitrogens with one attached hydrogen (secondary N) is 2. The molecule has 1 saturated heterocycles. The third kappa shape index (κ3) is 7.87. The predicted octanol–water partition coefficient (Wildman–Crippen LogP) is 3.31. The quantitative estimate of drug-likeness (QED) is 0.376. The summed E-state index contributed by atoms with van der Waals surface area (Å²) in [5, 5.41) is 15.8. The molecule has 0 bridgehead atoms. The van der Waals surface area contributed by atoms with Crippen molar-refractivity contribution in [1.29, 1.82) is 0 Å². The number of hydrogen-bond donors (Lipinski definition) is 4. The van der Waals surface area contributed by atoms with Crippen molar-refractivity contribution in [2.45, 2.75) is 68.4 Å². The van der Waals surface area contributed by atoms with E-state index in [1.54, 1.807) is 12.3 Å². The molecule has 0 aromatic carbocycles. The van der Waals surface area contributed by atoms with E-state index in [0.29, 0.717) is 73.5 Å². The second-order valence-corrected chi connectivity index (χ2v) is 10.1. The van der Waals surface area contributed by atoms with Gasteiger partial charge in [0.25, 0.3) is 0 Å². The van der Waals surface area contributed by atoms with Crippen LogP contribution >= 0.6 is 11.6 Å². The first kappa shape index (κ1) is 27.8. The van der Waals surface area contributed by atoms with Gasteiger partial charge in [0.2, 0.25) is 5.88 Å². The number of nitrogens with zero attached hydrogens (tertiary/aromatic N) is 3. The average Bonchev–Trinajstić information content (AvgIpc) is 2.88. The molecule has 2 fully saturated rings. The zero-order chi connectivity index (χ0) is 26.5. The molecule has 3 heterocycles. The van der Waals surface area contributed by atoms with E-state index in [4.69, 9.17) is 26.8 Å². The Kier molecular flexibility index (Phi) is 9.07. The number of halogens is 4. The van der Waals surface area contributed by atoms with Crippen molar-refractivity contribution in [2.75, 3.05) is 31.7 Å². The zero-order valence-corrected chi connectivity index (χ0v) is 21.1. The van der Waals surface area contributed by atoms with E-state index >= 15 is 0 Å². The van der Waals surface area contributed by atoms with Crippen LogP contribution in [-0.2, 0) is 4.74 Å². The smallest absolute Gasteiger partial charge is 0.415 e. The summed E-state index contributed by atoms with van der Waals surface area (Å²) in [7, 11) is 0. The highest BCUT2D eigenvalue weighted by molar-refractivity contribution is 6.33. The summed E-state index contributed by atoms with van der Waals surface area (Å²) in [6.07, 6.45) is 1.96. The first-order valence-corrected chi connectivity index (χ1v) is 12.7. The molecule has 0 radical (unpaired) electrons. The van der Waals surface area contributed by atoms with Crippen molar-refractivity contribution in [3.05, 3.63) is 29.7 Å². The van der Waals surface area contributed by atoms with Crippen LogP contribution in [0.4, 0.5) is 19.0 Å². The molecule has 5 N–H and O–H groups in total. The number of ether oxygens (including phenoxy) is 2. The van der Waals surface area contributed by atoms with Crippen LogP contribution < -0.4 is 21.1 Å². The third-order valence-electron chi connectivity index (χ3n) is 6.80. The monoisotopic (exact) mass is 544 g/mol. The summed E-state index contributed by atoms with van der Waals surface area (Å²) >= 11 is 6.42. The topological polar surface area (TPSA) is 127 Å². The highest BCUT2D eigenvalue weighted by Crippen LogP contribution is 2.30. The molecule has 204 valence electrons. The minimum absolute atomic E-state index is 0.0735. The largest absolute Gasteiger partial charge is 0.475 e. The number of aromatic nitrogens is 3. The molecule has 4 rings (SSSR count). The summed E-state index contributed by atoms with van der Waals surface area (Å²) in [6, 6.07) is 1.83. The minimum atomic E-state index is -4.61. The molecule has 2 aliphatic rings.